The lowest BCUT2D eigenvalue weighted by Gasteiger charge is -2.46. The van der Waals surface area contributed by atoms with E-state index in [1.165, 1.54) is 96.3 Å². The Bertz CT molecular complexity index is 456. The van der Waals surface area contributed by atoms with Gasteiger partial charge in [-0.05, 0) is 92.8 Å². The molecule has 2 nitrogen and oxygen atoms in total. The minimum Gasteiger partial charge on any atom is -0.396 e. The van der Waals surface area contributed by atoms with Gasteiger partial charge in [0.25, 0.3) is 0 Å². The van der Waals surface area contributed by atoms with E-state index in [4.69, 9.17) is 4.74 Å². The average Bonchev–Trinajstić information content (AvgIpc) is 2.81. The maximum absolute atomic E-state index is 9.64. The molecule has 0 amide bonds. The molecule has 6 atom stereocenters. The monoisotopic (exact) mass is 420 g/mol. The van der Waals surface area contributed by atoms with Crippen LogP contribution in [-0.4, -0.2) is 24.4 Å². The van der Waals surface area contributed by atoms with E-state index in [0.29, 0.717) is 18.6 Å². The van der Waals surface area contributed by atoms with E-state index in [-0.39, 0.29) is 0 Å². The molecule has 0 heterocycles. The third-order valence-corrected chi connectivity index (χ3v) is 9.50. The first-order valence-corrected chi connectivity index (χ1v) is 13.9. The molecule has 30 heavy (non-hydrogen) atoms. The van der Waals surface area contributed by atoms with E-state index in [0.717, 1.165) is 42.1 Å². The first kappa shape index (κ1) is 24.6. The number of unbranched alkanes of at least 4 members (excludes halogenated alkanes) is 1. The van der Waals surface area contributed by atoms with Crippen LogP contribution in [0.2, 0.25) is 0 Å². The Morgan fingerprint density at radius 3 is 1.93 bits per heavy atom. The van der Waals surface area contributed by atoms with Crippen LogP contribution in [0.15, 0.2) is 0 Å². The summed E-state index contributed by atoms with van der Waals surface area (Å²) in [6, 6.07) is 0. The zero-order valence-electron chi connectivity index (χ0n) is 20.5. The molecular weight excluding hydrogens is 368 g/mol. The van der Waals surface area contributed by atoms with Crippen molar-refractivity contribution < 1.29 is 9.84 Å². The number of aliphatic hydroxyl groups is 1. The summed E-state index contributed by atoms with van der Waals surface area (Å²) in [5.41, 5.74) is 0. The number of ether oxygens (including phenoxy) is 1. The summed E-state index contributed by atoms with van der Waals surface area (Å²) in [6.07, 6.45) is 21.0. The molecule has 0 spiro atoms. The van der Waals surface area contributed by atoms with Crippen LogP contribution in [0.1, 0.15) is 117 Å². The van der Waals surface area contributed by atoms with Gasteiger partial charge < -0.3 is 9.84 Å². The van der Waals surface area contributed by atoms with E-state index in [1.54, 1.807) is 0 Å². The van der Waals surface area contributed by atoms with Crippen LogP contribution >= 0.6 is 0 Å². The standard InChI is InChI=1S/C28H52O2/c1-4-7-8-21-9-11-22(12-10-21)20-30-26-14-16-28(25(6-3)18-26)27-15-13-23(19-29)17-24(27)5-2/h21-29H,4-20H2,1-3H3. The van der Waals surface area contributed by atoms with Gasteiger partial charge in [-0.25, -0.2) is 0 Å². The Morgan fingerprint density at radius 1 is 0.700 bits per heavy atom. The lowest BCUT2D eigenvalue weighted by atomic mass is 9.61. The van der Waals surface area contributed by atoms with Gasteiger partial charge in [-0.3, -0.25) is 0 Å². The third kappa shape index (κ3) is 6.71. The highest BCUT2D eigenvalue weighted by molar-refractivity contribution is 4.90. The SMILES string of the molecule is CCCCC1CCC(COC2CCC(C3CCC(CO)CC3CC)C(CC)C2)CC1. The van der Waals surface area contributed by atoms with Crippen LogP contribution in [0.25, 0.3) is 0 Å². The summed E-state index contributed by atoms with van der Waals surface area (Å²) in [6.45, 7) is 8.55. The number of aliphatic hydroxyl groups excluding tert-OH is 1. The first-order chi connectivity index (χ1) is 14.7. The Morgan fingerprint density at radius 2 is 1.30 bits per heavy atom. The molecule has 0 aromatic carbocycles. The van der Waals surface area contributed by atoms with Crippen LogP contribution in [0.4, 0.5) is 0 Å². The van der Waals surface area contributed by atoms with Gasteiger partial charge in [0.1, 0.15) is 0 Å². The molecule has 6 unspecified atom stereocenters. The number of hydrogen-bond donors (Lipinski definition) is 1. The van der Waals surface area contributed by atoms with Crippen molar-refractivity contribution in [1.82, 2.24) is 0 Å². The lowest BCUT2D eigenvalue weighted by Crippen LogP contribution is -2.39. The predicted octanol–water partition coefficient (Wildman–Crippen LogP) is 7.63. The fraction of sp³-hybridized carbons (Fsp3) is 1.00. The molecule has 0 aliphatic heterocycles. The van der Waals surface area contributed by atoms with Crippen LogP contribution in [0.5, 0.6) is 0 Å². The Balaban J connectivity index is 1.42. The number of rotatable bonds is 10. The van der Waals surface area contributed by atoms with Crippen LogP contribution in [-0.2, 0) is 4.74 Å². The first-order valence-electron chi connectivity index (χ1n) is 13.9. The number of hydrogen-bond acceptors (Lipinski definition) is 2. The van der Waals surface area contributed by atoms with Crippen molar-refractivity contribution in [1.29, 1.82) is 0 Å². The molecular formula is C28H52O2. The second-order valence-corrected chi connectivity index (χ2v) is 11.3. The van der Waals surface area contributed by atoms with Gasteiger partial charge in [0.05, 0.1) is 6.10 Å². The predicted molar refractivity (Wildman–Crippen MR) is 128 cm³/mol. The minimum atomic E-state index is 0.404. The van der Waals surface area contributed by atoms with Gasteiger partial charge in [-0.1, -0.05) is 65.7 Å². The summed E-state index contributed by atoms with van der Waals surface area (Å²) < 4.78 is 6.56. The Labute approximate surface area is 187 Å². The molecule has 0 aromatic rings. The second-order valence-electron chi connectivity index (χ2n) is 11.3. The second kappa shape index (κ2) is 12.8. The average molecular weight is 421 g/mol. The fourth-order valence-corrected chi connectivity index (χ4v) is 7.46. The molecule has 3 rings (SSSR count). The summed E-state index contributed by atoms with van der Waals surface area (Å²) in [7, 11) is 0. The van der Waals surface area contributed by atoms with Gasteiger partial charge in [0, 0.05) is 13.2 Å². The van der Waals surface area contributed by atoms with E-state index >= 15 is 0 Å². The van der Waals surface area contributed by atoms with Crippen molar-refractivity contribution >= 4 is 0 Å². The highest BCUT2D eigenvalue weighted by atomic mass is 16.5. The molecule has 3 aliphatic carbocycles. The van der Waals surface area contributed by atoms with E-state index in [1.807, 2.05) is 0 Å². The summed E-state index contributed by atoms with van der Waals surface area (Å²) in [5.74, 6) is 5.93. The van der Waals surface area contributed by atoms with Gasteiger partial charge in [-0.2, -0.15) is 0 Å². The van der Waals surface area contributed by atoms with Crippen molar-refractivity contribution in [2.24, 2.45) is 41.4 Å². The topological polar surface area (TPSA) is 29.5 Å². The molecule has 2 heteroatoms. The normalized spacial score (nSPS) is 40.4. The molecule has 0 saturated heterocycles. The summed E-state index contributed by atoms with van der Waals surface area (Å²) in [4.78, 5) is 0. The Kier molecular flexibility index (Phi) is 10.5. The third-order valence-electron chi connectivity index (χ3n) is 9.50. The van der Waals surface area contributed by atoms with Crippen molar-refractivity contribution in [2.45, 2.75) is 123 Å². The van der Waals surface area contributed by atoms with E-state index in [2.05, 4.69) is 20.8 Å². The Hall–Kier alpha value is -0.0800. The zero-order valence-corrected chi connectivity index (χ0v) is 20.5. The van der Waals surface area contributed by atoms with Crippen molar-refractivity contribution in [3.05, 3.63) is 0 Å². The maximum Gasteiger partial charge on any atom is 0.0578 e. The quantitative estimate of drug-likeness (QED) is 0.393. The molecule has 0 aromatic heterocycles. The molecule has 3 aliphatic rings. The van der Waals surface area contributed by atoms with Gasteiger partial charge >= 0.3 is 0 Å². The molecule has 0 bridgehead atoms. The molecule has 3 saturated carbocycles. The maximum atomic E-state index is 9.64. The molecule has 176 valence electrons. The van der Waals surface area contributed by atoms with Crippen LogP contribution < -0.4 is 0 Å². The van der Waals surface area contributed by atoms with Crippen molar-refractivity contribution in [2.75, 3.05) is 13.2 Å². The van der Waals surface area contributed by atoms with Gasteiger partial charge in [0.15, 0.2) is 0 Å². The van der Waals surface area contributed by atoms with E-state index < -0.39 is 0 Å². The minimum absolute atomic E-state index is 0.404. The van der Waals surface area contributed by atoms with E-state index in [9.17, 15) is 5.11 Å². The summed E-state index contributed by atoms with van der Waals surface area (Å²) in [5, 5.41) is 9.64. The molecule has 3 fully saturated rings. The largest absolute Gasteiger partial charge is 0.396 e. The molecule has 1 N–H and O–H groups in total. The van der Waals surface area contributed by atoms with Gasteiger partial charge in [0.2, 0.25) is 0 Å². The van der Waals surface area contributed by atoms with Crippen LogP contribution in [0, 0.1) is 41.4 Å². The highest BCUT2D eigenvalue weighted by Crippen LogP contribution is 2.48. The highest BCUT2D eigenvalue weighted by Gasteiger charge is 2.40. The van der Waals surface area contributed by atoms with Crippen molar-refractivity contribution in [3.8, 4) is 0 Å². The lowest BCUT2D eigenvalue weighted by molar-refractivity contribution is -0.0470. The van der Waals surface area contributed by atoms with Gasteiger partial charge in [-0.15, -0.1) is 0 Å². The zero-order chi connectivity index (χ0) is 21.3. The smallest absolute Gasteiger partial charge is 0.0578 e. The van der Waals surface area contributed by atoms with Crippen LogP contribution in [0.3, 0.4) is 0 Å². The fourth-order valence-electron chi connectivity index (χ4n) is 7.46. The van der Waals surface area contributed by atoms with Crippen molar-refractivity contribution in [3.63, 3.8) is 0 Å². The summed E-state index contributed by atoms with van der Waals surface area (Å²) >= 11 is 0. The molecule has 0 radical (unpaired) electrons.